The molecule has 0 aliphatic heterocycles. The van der Waals surface area contributed by atoms with Crippen molar-refractivity contribution >= 4 is 11.7 Å². The maximum Gasteiger partial charge on any atom is 0.322 e. The van der Waals surface area contributed by atoms with Crippen molar-refractivity contribution in [1.29, 1.82) is 0 Å². The molecule has 0 aliphatic carbocycles. The van der Waals surface area contributed by atoms with E-state index in [1.54, 1.807) is 4.90 Å². The van der Waals surface area contributed by atoms with Crippen molar-refractivity contribution in [2.45, 2.75) is 20.0 Å². The molecule has 21 heavy (non-hydrogen) atoms. The van der Waals surface area contributed by atoms with Crippen molar-refractivity contribution in [3.05, 3.63) is 65.7 Å². The van der Waals surface area contributed by atoms with Crippen molar-refractivity contribution < 1.29 is 4.79 Å². The van der Waals surface area contributed by atoms with E-state index in [9.17, 15) is 4.79 Å². The number of anilines is 1. The van der Waals surface area contributed by atoms with Crippen LogP contribution in [0, 0.1) is 0 Å². The van der Waals surface area contributed by atoms with E-state index in [2.05, 4.69) is 5.32 Å². The first-order chi connectivity index (χ1) is 10.2. The summed E-state index contributed by atoms with van der Waals surface area (Å²) in [5.74, 6) is 0. The summed E-state index contributed by atoms with van der Waals surface area (Å²) in [6.07, 6.45) is 0. The fourth-order valence-electron chi connectivity index (χ4n) is 2.17. The molecule has 0 fully saturated rings. The number of carbonyl (C=O) groups is 1. The minimum absolute atomic E-state index is 0.101. The number of amides is 2. The summed E-state index contributed by atoms with van der Waals surface area (Å²) in [5, 5.41) is 2.91. The number of hydrogen-bond acceptors (Lipinski definition) is 2. The standard InChI is InChI=1S/C17H21N3O/c1-2-20(13-15-9-7-6-8-14(15)12-18)17(21)19-16-10-4-3-5-11-16/h3-11H,2,12-13,18H2,1H3,(H,19,21). The second-order valence-electron chi connectivity index (χ2n) is 4.78. The lowest BCUT2D eigenvalue weighted by molar-refractivity contribution is 0.212. The monoisotopic (exact) mass is 283 g/mol. The lowest BCUT2D eigenvalue weighted by Gasteiger charge is -2.22. The second-order valence-corrected chi connectivity index (χ2v) is 4.78. The number of nitrogens with zero attached hydrogens (tertiary/aromatic N) is 1. The smallest absolute Gasteiger partial charge is 0.322 e. The Labute approximate surface area is 125 Å². The first-order valence-corrected chi connectivity index (χ1v) is 7.12. The van der Waals surface area contributed by atoms with Gasteiger partial charge in [-0.2, -0.15) is 0 Å². The average Bonchev–Trinajstić information content (AvgIpc) is 2.53. The average molecular weight is 283 g/mol. The molecule has 2 amide bonds. The van der Waals surface area contributed by atoms with Crippen LogP contribution in [0.4, 0.5) is 10.5 Å². The zero-order chi connectivity index (χ0) is 15.1. The van der Waals surface area contributed by atoms with Gasteiger partial charge in [0.1, 0.15) is 0 Å². The normalized spacial score (nSPS) is 10.2. The van der Waals surface area contributed by atoms with Crippen LogP contribution in [-0.2, 0) is 13.1 Å². The van der Waals surface area contributed by atoms with Crippen LogP contribution >= 0.6 is 0 Å². The summed E-state index contributed by atoms with van der Waals surface area (Å²) in [7, 11) is 0. The molecule has 0 saturated heterocycles. The van der Waals surface area contributed by atoms with Crippen molar-refractivity contribution in [3.63, 3.8) is 0 Å². The Morgan fingerprint density at radius 1 is 1.05 bits per heavy atom. The summed E-state index contributed by atoms with van der Waals surface area (Å²) >= 11 is 0. The van der Waals surface area contributed by atoms with E-state index in [1.165, 1.54) is 0 Å². The summed E-state index contributed by atoms with van der Waals surface area (Å²) in [5.41, 5.74) is 8.71. The van der Waals surface area contributed by atoms with Crippen LogP contribution in [0.5, 0.6) is 0 Å². The third kappa shape index (κ3) is 4.07. The molecule has 0 aromatic heterocycles. The molecule has 0 bridgehead atoms. The molecular formula is C17H21N3O. The van der Waals surface area contributed by atoms with Crippen molar-refractivity contribution in [1.82, 2.24) is 4.90 Å². The van der Waals surface area contributed by atoms with Gasteiger partial charge in [0, 0.05) is 25.3 Å². The molecule has 0 saturated carbocycles. The zero-order valence-electron chi connectivity index (χ0n) is 12.3. The van der Waals surface area contributed by atoms with Gasteiger partial charge in [-0.3, -0.25) is 0 Å². The highest BCUT2D eigenvalue weighted by Gasteiger charge is 2.13. The van der Waals surface area contributed by atoms with Gasteiger partial charge in [0.25, 0.3) is 0 Å². The van der Waals surface area contributed by atoms with Crippen molar-refractivity contribution in [2.24, 2.45) is 5.73 Å². The molecule has 0 unspecified atom stereocenters. The Morgan fingerprint density at radius 2 is 1.67 bits per heavy atom. The van der Waals surface area contributed by atoms with E-state index in [4.69, 9.17) is 5.73 Å². The Morgan fingerprint density at radius 3 is 2.29 bits per heavy atom. The molecule has 0 radical (unpaired) electrons. The molecule has 2 aromatic carbocycles. The Hall–Kier alpha value is -2.33. The summed E-state index contributed by atoms with van der Waals surface area (Å²) in [6, 6.07) is 17.3. The minimum atomic E-state index is -0.101. The van der Waals surface area contributed by atoms with E-state index in [0.29, 0.717) is 19.6 Å². The number of benzene rings is 2. The summed E-state index contributed by atoms with van der Waals surface area (Å²) in [6.45, 7) is 3.64. The fraction of sp³-hybridized carbons (Fsp3) is 0.235. The molecular weight excluding hydrogens is 262 g/mol. The number of para-hydroxylation sites is 1. The topological polar surface area (TPSA) is 58.4 Å². The predicted octanol–water partition coefficient (Wildman–Crippen LogP) is 3.20. The van der Waals surface area contributed by atoms with Gasteiger partial charge in [0.15, 0.2) is 0 Å². The number of nitrogens with two attached hydrogens (primary N) is 1. The van der Waals surface area contributed by atoms with Crippen LogP contribution in [0.25, 0.3) is 0 Å². The second kappa shape index (κ2) is 7.45. The largest absolute Gasteiger partial charge is 0.326 e. The molecule has 4 nitrogen and oxygen atoms in total. The maximum absolute atomic E-state index is 12.3. The highest BCUT2D eigenvalue weighted by Crippen LogP contribution is 2.13. The number of hydrogen-bond donors (Lipinski definition) is 2. The molecule has 4 heteroatoms. The lowest BCUT2D eigenvalue weighted by atomic mass is 10.1. The minimum Gasteiger partial charge on any atom is -0.326 e. The maximum atomic E-state index is 12.3. The van der Waals surface area contributed by atoms with Gasteiger partial charge >= 0.3 is 6.03 Å². The first-order valence-electron chi connectivity index (χ1n) is 7.12. The SMILES string of the molecule is CCN(Cc1ccccc1CN)C(=O)Nc1ccccc1. The molecule has 0 heterocycles. The van der Waals surface area contributed by atoms with Gasteiger partial charge in [-0.05, 0) is 30.2 Å². The van der Waals surface area contributed by atoms with Gasteiger partial charge < -0.3 is 16.0 Å². The van der Waals surface area contributed by atoms with E-state index in [-0.39, 0.29) is 6.03 Å². The number of nitrogens with one attached hydrogen (secondary N) is 1. The van der Waals surface area contributed by atoms with E-state index < -0.39 is 0 Å². The molecule has 0 atom stereocenters. The van der Waals surface area contributed by atoms with Crippen molar-refractivity contribution in [3.8, 4) is 0 Å². The van der Waals surface area contributed by atoms with Gasteiger partial charge in [-0.25, -0.2) is 4.79 Å². The first kappa shape index (κ1) is 15.1. The zero-order valence-corrected chi connectivity index (χ0v) is 12.3. The Bertz CT molecular complexity index is 584. The predicted molar refractivity (Wildman–Crippen MR) is 85.9 cm³/mol. The van der Waals surface area contributed by atoms with Gasteiger partial charge in [0.2, 0.25) is 0 Å². The highest BCUT2D eigenvalue weighted by atomic mass is 16.2. The molecule has 3 N–H and O–H groups in total. The van der Waals surface area contributed by atoms with E-state index in [0.717, 1.165) is 16.8 Å². The number of carbonyl (C=O) groups excluding carboxylic acids is 1. The molecule has 110 valence electrons. The Balaban J connectivity index is 2.07. The summed E-state index contributed by atoms with van der Waals surface area (Å²) in [4.78, 5) is 14.1. The van der Waals surface area contributed by atoms with Crippen LogP contribution < -0.4 is 11.1 Å². The molecule has 2 aromatic rings. The number of rotatable bonds is 5. The quantitative estimate of drug-likeness (QED) is 0.885. The fourth-order valence-corrected chi connectivity index (χ4v) is 2.17. The molecule has 0 spiro atoms. The van der Waals surface area contributed by atoms with Crippen LogP contribution in [0.3, 0.4) is 0 Å². The van der Waals surface area contributed by atoms with Crippen LogP contribution in [0.15, 0.2) is 54.6 Å². The van der Waals surface area contributed by atoms with Crippen molar-refractivity contribution in [2.75, 3.05) is 11.9 Å². The van der Waals surface area contributed by atoms with E-state index >= 15 is 0 Å². The Kier molecular flexibility index (Phi) is 5.35. The van der Waals surface area contributed by atoms with Crippen LogP contribution in [0.1, 0.15) is 18.1 Å². The van der Waals surface area contributed by atoms with Crippen LogP contribution in [-0.4, -0.2) is 17.5 Å². The van der Waals surface area contributed by atoms with E-state index in [1.807, 2.05) is 61.5 Å². The number of urea groups is 1. The third-order valence-electron chi connectivity index (χ3n) is 3.39. The molecule has 2 rings (SSSR count). The highest BCUT2D eigenvalue weighted by molar-refractivity contribution is 5.89. The van der Waals surface area contributed by atoms with Gasteiger partial charge in [-0.15, -0.1) is 0 Å². The van der Waals surface area contributed by atoms with Gasteiger partial charge in [0.05, 0.1) is 0 Å². The van der Waals surface area contributed by atoms with Gasteiger partial charge in [-0.1, -0.05) is 42.5 Å². The molecule has 0 aliphatic rings. The third-order valence-corrected chi connectivity index (χ3v) is 3.39. The lowest BCUT2D eigenvalue weighted by Crippen LogP contribution is -2.34. The van der Waals surface area contributed by atoms with Crippen LogP contribution in [0.2, 0.25) is 0 Å². The summed E-state index contributed by atoms with van der Waals surface area (Å²) < 4.78 is 0.